The van der Waals surface area contributed by atoms with Crippen molar-refractivity contribution in [2.24, 2.45) is 0 Å². The molecule has 3 rings (SSSR count). The summed E-state index contributed by atoms with van der Waals surface area (Å²) in [6.45, 7) is 5.45. The fourth-order valence-electron chi connectivity index (χ4n) is 3.47. The zero-order valence-electron chi connectivity index (χ0n) is 15.1. The first-order valence-electron chi connectivity index (χ1n) is 8.84. The minimum absolute atomic E-state index is 0.0555. The van der Waals surface area contributed by atoms with Gasteiger partial charge in [-0.3, -0.25) is 4.79 Å². The van der Waals surface area contributed by atoms with E-state index in [-0.39, 0.29) is 5.78 Å². The Balaban J connectivity index is 2.01. The highest BCUT2D eigenvalue weighted by molar-refractivity contribution is 5.95. The molecule has 1 fully saturated rings. The molecule has 1 N–H and O–H groups in total. The Morgan fingerprint density at radius 3 is 2.48 bits per heavy atom. The summed E-state index contributed by atoms with van der Waals surface area (Å²) in [7, 11) is 0. The maximum atomic E-state index is 12.9. The van der Waals surface area contributed by atoms with E-state index in [2.05, 4.69) is 5.32 Å². The molecule has 0 radical (unpaired) electrons. The summed E-state index contributed by atoms with van der Waals surface area (Å²) in [6, 6.07) is 14.0. The average Bonchev–Trinajstić information content (AvgIpc) is 2.55. The lowest BCUT2D eigenvalue weighted by molar-refractivity contribution is -0.128. The molecule has 4 nitrogen and oxygen atoms in total. The van der Waals surface area contributed by atoms with E-state index in [0.29, 0.717) is 12.8 Å². The van der Waals surface area contributed by atoms with Crippen LogP contribution in [0.4, 0.5) is 4.79 Å². The number of hydrogen-bond acceptors (Lipinski definition) is 3. The maximum Gasteiger partial charge on any atom is 0.408 e. The van der Waals surface area contributed by atoms with Crippen LogP contribution in [-0.4, -0.2) is 17.5 Å². The molecule has 1 aliphatic rings. The Morgan fingerprint density at radius 1 is 1.08 bits per heavy atom. The number of fused-ring (bicyclic) bond motifs is 1. The number of carbonyl (C=O) groups is 2. The van der Waals surface area contributed by atoms with Crippen LogP contribution in [0.5, 0.6) is 0 Å². The van der Waals surface area contributed by atoms with Crippen molar-refractivity contribution in [3.05, 3.63) is 48.0 Å². The topological polar surface area (TPSA) is 55.4 Å². The van der Waals surface area contributed by atoms with E-state index in [4.69, 9.17) is 4.74 Å². The van der Waals surface area contributed by atoms with E-state index in [0.717, 1.165) is 29.2 Å². The van der Waals surface area contributed by atoms with Crippen molar-refractivity contribution in [3.8, 4) is 0 Å². The Bertz CT molecular complexity index is 806. The van der Waals surface area contributed by atoms with Gasteiger partial charge in [0.25, 0.3) is 0 Å². The fraction of sp³-hybridized carbons (Fsp3) is 0.429. The lowest BCUT2D eigenvalue weighted by Crippen LogP contribution is -2.54. The minimum atomic E-state index is -0.995. The largest absolute Gasteiger partial charge is 0.444 e. The van der Waals surface area contributed by atoms with Crippen molar-refractivity contribution in [2.45, 2.75) is 57.6 Å². The molecule has 0 spiro atoms. The number of amides is 1. The van der Waals surface area contributed by atoms with Gasteiger partial charge < -0.3 is 10.1 Å². The highest BCUT2D eigenvalue weighted by Gasteiger charge is 2.43. The predicted octanol–water partition coefficient (Wildman–Crippen LogP) is 4.70. The third-order valence-electron chi connectivity index (χ3n) is 4.64. The average molecular weight is 339 g/mol. The first-order valence-corrected chi connectivity index (χ1v) is 8.84. The van der Waals surface area contributed by atoms with Gasteiger partial charge >= 0.3 is 6.09 Å². The SMILES string of the molecule is CC(C)(C)OC(=O)NC1(c2ccc3ccccc3c2)CCCCC1=O. The monoisotopic (exact) mass is 339 g/mol. The minimum Gasteiger partial charge on any atom is -0.444 e. The molecule has 0 bridgehead atoms. The molecule has 1 saturated carbocycles. The van der Waals surface area contributed by atoms with E-state index < -0.39 is 17.2 Å². The van der Waals surface area contributed by atoms with Crippen molar-refractivity contribution in [2.75, 3.05) is 0 Å². The van der Waals surface area contributed by atoms with Crippen LogP contribution in [0.15, 0.2) is 42.5 Å². The standard InChI is InChI=1S/C21H25NO3/c1-20(2,3)25-19(24)22-21(13-7-6-10-18(21)23)17-12-11-15-8-4-5-9-16(15)14-17/h4-5,8-9,11-12,14H,6-7,10,13H2,1-3H3,(H,22,24). The molecule has 4 heteroatoms. The Kier molecular flexibility index (Phi) is 4.55. The molecule has 132 valence electrons. The first-order chi connectivity index (χ1) is 11.8. The van der Waals surface area contributed by atoms with Crippen molar-refractivity contribution in [1.82, 2.24) is 5.32 Å². The summed E-state index contributed by atoms with van der Waals surface area (Å²) < 4.78 is 5.42. The molecule has 1 aliphatic carbocycles. The quantitative estimate of drug-likeness (QED) is 0.862. The van der Waals surface area contributed by atoms with E-state index in [1.807, 2.05) is 63.2 Å². The van der Waals surface area contributed by atoms with E-state index in [1.54, 1.807) is 0 Å². The number of ether oxygens (including phenoxy) is 1. The van der Waals surface area contributed by atoms with Crippen LogP contribution in [0.25, 0.3) is 10.8 Å². The molecule has 1 unspecified atom stereocenters. The van der Waals surface area contributed by atoms with Crippen molar-refractivity contribution in [1.29, 1.82) is 0 Å². The van der Waals surface area contributed by atoms with Gasteiger partial charge in [0.15, 0.2) is 5.78 Å². The summed E-state index contributed by atoms with van der Waals surface area (Å²) in [6.07, 6.45) is 2.29. The number of benzene rings is 2. The van der Waals surface area contributed by atoms with Crippen LogP contribution in [0.3, 0.4) is 0 Å². The molecular formula is C21H25NO3. The number of Topliss-reactive ketones (excluding diaryl/α,β-unsaturated/α-hetero) is 1. The van der Waals surface area contributed by atoms with Crippen molar-refractivity contribution >= 4 is 22.6 Å². The number of nitrogens with one attached hydrogen (secondary N) is 1. The van der Waals surface area contributed by atoms with E-state index in [1.165, 1.54) is 0 Å². The second kappa shape index (κ2) is 6.51. The summed E-state index contributed by atoms with van der Waals surface area (Å²) in [4.78, 5) is 25.3. The maximum absolute atomic E-state index is 12.9. The zero-order chi connectivity index (χ0) is 18.1. The predicted molar refractivity (Wildman–Crippen MR) is 98.5 cm³/mol. The molecular weight excluding hydrogens is 314 g/mol. The normalized spacial score (nSPS) is 21.2. The Hall–Kier alpha value is -2.36. The van der Waals surface area contributed by atoms with Crippen molar-refractivity contribution < 1.29 is 14.3 Å². The smallest absolute Gasteiger partial charge is 0.408 e. The zero-order valence-corrected chi connectivity index (χ0v) is 15.1. The van der Waals surface area contributed by atoms with Gasteiger partial charge in [-0.2, -0.15) is 0 Å². The fourth-order valence-corrected chi connectivity index (χ4v) is 3.47. The van der Waals surface area contributed by atoms with Gasteiger partial charge in [0.05, 0.1) is 0 Å². The van der Waals surface area contributed by atoms with E-state index in [9.17, 15) is 9.59 Å². The molecule has 0 saturated heterocycles. The van der Waals surface area contributed by atoms with Gasteiger partial charge in [-0.15, -0.1) is 0 Å². The van der Waals surface area contributed by atoms with Crippen LogP contribution in [0, 0.1) is 0 Å². The number of alkyl carbamates (subject to hydrolysis) is 1. The van der Waals surface area contributed by atoms with Crippen LogP contribution >= 0.6 is 0 Å². The molecule has 2 aromatic carbocycles. The van der Waals surface area contributed by atoms with Crippen LogP contribution in [-0.2, 0) is 15.1 Å². The molecule has 25 heavy (non-hydrogen) atoms. The van der Waals surface area contributed by atoms with Crippen LogP contribution in [0.1, 0.15) is 52.0 Å². The molecule has 0 aliphatic heterocycles. The first kappa shape index (κ1) is 17.5. The van der Waals surface area contributed by atoms with Crippen molar-refractivity contribution in [3.63, 3.8) is 0 Å². The van der Waals surface area contributed by atoms with E-state index >= 15 is 0 Å². The number of rotatable bonds is 2. The third kappa shape index (κ3) is 3.68. The highest BCUT2D eigenvalue weighted by atomic mass is 16.6. The van der Waals surface area contributed by atoms with Gasteiger partial charge in [0.2, 0.25) is 0 Å². The second-order valence-corrected chi connectivity index (χ2v) is 7.72. The number of ketones is 1. The Labute approximate surface area is 148 Å². The summed E-state index contributed by atoms with van der Waals surface area (Å²) in [5.74, 6) is 0.0555. The molecule has 1 atom stereocenters. The van der Waals surface area contributed by atoms with Gasteiger partial charge in [-0.25, -0.2) is 4.79 Å². The number of carbonyl (C=O) groups excluding carboxylic acids is 2. The van der Waals surface area contributed by atoms with Gasteiger partial charge in [-0.1, -0.05) is 36.4 Å². The lowest BCUT2D eigenvalue weighted by atomic mass is 9.75. The van der Waals surface area contributed by atoms with Crippen LogP contribution < -0.4 is 5.32 Å². The molecule has 0 heterocycles. The molecule has 1 amide bonds. The molecule has 2 aromatic rings. The second-order valence-electron chi connectivity index (χ2n) is 7.72. The van der Waals surface area contributed by atoms with Gasteiger partial charge in [-0.05, 0) is 62.4 Å². The van der Waals surface area contributed by atoms with Crippen LogP contribution in [0.2, 0.25) is 0 Å². The number of hydrogen-bond donors (Lipinski definition) is 1. The highest BCUT2D eigenvalue weighted by Crippen LogP contribution is 2.36. The summed E-state index contributed by atoms with van der Waals surface area (Å²) >= 11 is 0. The third-order valence-corrected chi connectivity index (χ3v) is 4.64. The van der Waals surface area contributed by atoms with Gasteiger partial charge in [0.1, 0.15) is 11.1 Å². The van der Waals surface area contributed by atoms with Gasteiger partial charge in [0, 0.05) is 6.42 Å². The lowest BCUT2D eigenvalue weighted by Gasteiger charge is -2.37. The Morgan fingerprint density at radius 2 is 1.80 bits per heavy atom. The molecule has 0 aromatic heterocycles. The summed E-state index contributed by atoms with van der Waals surface area (Å²) in [5, 5.41) is 5.08. The summed E-state index contributed by atoms with van der Waals surface area (Å²) in [5.41, 5.74) is -0.765.